The highest BCUT2D eigenvalue weighted by molar-refractivity contribution is 5.97. The summed E-state index contributed by atoms with van der Waals surface area (Å²) in [5.74, 6) is 0.906. The van der Waals surface area contributed by atoms with Crippen molar-refractivity contribution in [3.8, 4) is 0 Å². The Morgan fingerprint density at radius 2 is 1.95 bits per heavy atom. The van der Waals surface area contributed by atoms with Crippen molar-refractivity contribution in [2.45, 2.75) is 46.0 Å². The first kappa shape index (κ1) is 14.3. The zero-order valence-electron chi connectivity index (χ0n) is 12.2. The fraction of sp³-hybridized carbons (Fsp3) is 0.588. The van der Waals surface area contributed by atoms with Gasteiger partial charge in [-0.25, -0.2) is 0 Å². The van der Waals surface area contributed by atoms with E-state index in [1.807, 2.05) is 6.07 Å². The fourth-order valence-electron chi connectivity index (χ4n) is 2.60. The molecule has 0 amide bonds. The van der Waals surface area contributed by atoms with E-state index < -0.39 is 0 Å². The third-order valence-corrected chi connectivity index (χ3v) is 3.85. The van der Waals surface area contributed by atoms with Crippen molar-refractivity contribution in [3.63, 3.8) is 0 Å². The second-order valence-electron chi connectivity index (χ2n) is 5.97. The van der Waals surface area contributed by atoms with Gasteiger partial charge in [0, 0.05) is 5.56 Å². The molecule has 0 fully saturated rings. The minimum absolute atomic E-state index is 0.220. The number of aryl methyl sites for hydroxylation is 2. The predicted molar refractivity (Wildman–Crippen MR) is 79.7 cm³/mol. The number of hydrogen-bond acceptors (Lipinski definition) is 2. The molecule has 104 valence electrons. The molecule has 1 aromatic carbocycles. The molecule has 0 radical (unpaired) electrons. The second kappa shape index (κ2) is 6.85. The molecule has 0 atom stereocenters. The minimum Gasteiger partial charge on any atom is -0.310 e. The third kappa shape index (κ3) is 4.17. The van der Waals surface area contributed by atoms with E-state index in [0.717, 1.165) is 24.9 Å². The molecule has 0 heterocycles. The SMILES string of the molecule is CC(C)CCNCC(=O)c1ccc2c(c1)CCCC2. The van der Waals surface area contributed by atoms with E-state index in [0.29, 0.717) is 12.5 Å². The molecular weight excluding hydrogens is 234 g/mol. The first-order valence-corrected chi connectivity index (χ1v) is 7.52. The lowest BCUT2D eigenvalue weighted by atomic mass is 9.90. The van der Waals surface area contributed by atoms with E-state index in [2.05, 4.69) is 31.3 Å². The molecule has 0 aliphatic heterocycles. The number of carbonyl (C=O) groups excluding carboxylic acids is 1. The van der Waals surface area contributed by atoms with Gasteiger partial charge in [-0.1, -0.05) is 26.0 Å². The Kier molecular flexibility index (Phi) is 5.15. The van der Waals surface area contributed by atoms with Crippen molar-refractivity contribution in [3.05, 3.63) is 34.9 Å². The molecule has 0 bridgehead atoms. The van der Waals surface area contributed by atoms with E-state index in [1.54, 1.807) is 0 Å². The minimum atomic E-state index is 0.220. The molecule has 0 saturated heterocycles. The lowest BCUT2D eigenvalue weighted by molar-refractivity contribution is 0.0990. The smallest absolute Gasteiger partial charge is 0.176 e. The summed E-state index contributed by atoms with van der Waals surface area (Å²) < 4.78 is 0. The van der Waals surface area contributed by atoms with Gasteiger partial charge in [-0.15, -0.1) is 0 Å². The van der Waals surface area contributed by atoms with Crippen LogP contribution in [-0.4, -0.2) is 18.9 Å². The van der Waals surface area contributed by atoms with E-state index >= 15 is 0 Å². The van der Waals surface area contributed by atoms with Gasteiger partial charge < -0.3 is 5.32 Å². The van der Waals surface area contributed by atoms with Crippen LogP contribution in [0.4, 0.5) is 0 Å². The lowest BCUT2D eigenvalue weighted by Crippen LogP contribution is -2.25. The highest BCUT2D eigenvalue weighted by Gasteiger charge is 2.12. The number of hydrogen-bond donors (Lipinski definition) is 1. The summed E-state index contributed by atoms with van der Waals surface area (Å²) >= 11 is 0. The number of ketones is 1. The number of fused-ring (bicyclic) bond motifs is 1. The lowest BCUT2D eigenvalue weighted by Gasteiger charge is -2.16. The van der Waals surface area contributed by atoms with Crippen LogP contribution in [0.25, 0.3) is 0 Å². The quantitative estimate of drug-likeness (QED) is 0.627. The monoisotopic (exact) mass is 259 g/mol. The van der Waals surface area contributed by atoms with Crippen molar-refractivity contribution < 1.29 is 4.79 Å². The van der Waals surface area contributed by atoms with Gasteiger partial charge in [0.1, 0.15) is 0 Å². The Labute approximate surface area is 116 Å². The Balaban J connectivity index is 1.88. The Bertz CT molecular complexity index is 437. The maximum Gasteiger partial charge on any atom is 0.176 e. The van der Waals surface area contributed by atoms with Gasteiger partial charge in [-0.05, 0) is 61.8 Å². The van der Waals surface area contributed by atoms with Crippen molar-refractivity contribution in [1.29, 1.82) is 0 Å². The van der Waals surface area contributed by atoms with Crippen LogP contribution in [-0.2, 0) is 12.8 Å². The molecule has 0 aromatic heterocycles. The van der Waals surface area contributed by atoms with Crippen LogP contribution in [0.3, 0.4) is 0 Å². The first-order valence-electron chi connectivity index (χ1n) is 7.52. The highest BCUT2D eigenvalue weighted by atomic mass is 16.1. The van der Waals surface area contributed by atoms with Crippen LogP contribution in [0, 0.1) is 5.92 Å². The van der Waals surface area contributed by atoms with Crippen LogP contribution < -0.4 is 5.32 Å². The van der Waals surface area contributed by atoms with Crippen molar-refractivity contribution in [2.24, 2.45) is 5.92 Å². The summed E-state index contributed by atoms with van der Waals surface area (Å²) in [6.07, 6.45) is 5.99. The van der Waals surface area contributed by atoms with Gasteiger partial charge in [-0.3, -0.25) is 4.79 Å². The zero-order chi connectivity index (χ0) is 13.7. The molecule has 0 unspecified atom stereocenters. The molecule has 1 N–H and O–H groups in total. The Morgan fingerprint density at radius 1 is 1.21 bits per heavy atom. The van der Waals surface area contributed by atoms with Crippen molar-refractivity contribution in [2.75, 3.05) is 13.1 Å². The van der Waals surface area contributed by atoms with Gasteiger partial charge in [0.2, 0.25) is 0 Å². The molecule has 19 heavy (non-hydrogen) atoms. The number of carbonyl (C=O) groups is 1. The van der Waals surface area contributed by atoms with Crippen molar-refractivity contribution >= 4 is 5.78 Å². The molecule has 2 heteroatoms. The average molecular weight is 259 g/mol. The van der Waals surface area contributed by atoms with Gasteiger partial charge in [0.25, 0.3) is 0 Å². The van der Waals surface area contributed by atoms with Gasteiger partial charge >= 0.3 is 0 Å². The third-order valence-electron chi connectivity index (χ3n) is 3.85. The molecule has 0 spiro atoms. The fourth-order valence-corrected chi connectivity index (χ4v) is 2.60. The number of benzene rings is 1. The summed E-state index contributed by atoms with van der Waals surface area (Å²) in [4.78, 5) is 12.1. The summed E-state index contributed by atoms with van der Waals surface area (Å²) in [5, 5.41) is 3.25. The van der Waals surface area contributed by atoms with E-state index in [4.69, 9.17) is 0 Å². The predicted octanol–water partition coefficient (Wildman–Crippen LogP) is 3.38. The topological polar surface area (TPSA) is 29.1 Å². The number of Topliss-reactive ketones (excluding diaryl/α,β-unsaturated/α-hetero) is 1. The van der Waals surface area contributed by atoms with Crippen LogP contribution in [0.1, 0.15) is 54.6 Å². The number of rotatable bonds is 6. The first-order chi connectivity index (χ1) is 9.16. The van der Waals surface area contributed by atoms with Gasteiger partial charge in [0.05, 0.1) is 6.54 Å². The van der Waals surface area contributed by atoms with Crippen molar-refractivity contribution in [1.82, 2.24) is 5.32 Å². The molecular formula is C17H25NO. The average Bonchev–Trinajstić information content (AvgIpc) is 2.42. The van der Waals surface area contributed by atoms with E-state index in [9.17, 15) is 4.79 Å². The maximum absolute atomic E-state index is 12.1. The molecule has 0 saturated carbocycles. The Hall–Kier alpha value is -1.15. The van der Waals surface area contributed by atoms with Crippen LogP contribution in [0.2, 0.25) is 0 Å². The summed E-state index contributed by atoms with van der Waals surface area (Å²) in [6.45, 7) is 5.79. The van der Waals surface area contributed by atoms with Crippen LogP contribution in [0.15, 0.2) is 18.2 Å². The highest BCUT2D eigenvalue weighted by Crippen LogP contribution is 2.22. The van der Waals surface area contributed by atoms with E-state index in [1.165, 1.54) is 30.4 Å². The number of nitrogens with one attached hydrogen (secondary N) is 1. The summed E-state index contributed by atoms with van der Waals surface area (Å²) in [7, 11) is 0. The second-order valence-corrected chi connectivity index (χ2v) is 5.97. The standard InChI is InChI=1S/C17H25NO/c1-13(2)9-10-18-12-17(19)16-8-7-14-5-3-4-6-15(14)11-16/h7-8,11,13,18H,3-6,9-10,12H2,1-2H3. The summed E-state index contributed by atoms with van der Waals surface area (Å²) in [5.41, 5.74) is 3.70. The maximum atomic E-state index is 12.1. The van der Waals surface area contributed by atoms with Crippen LogP contribution >= 0.6 is 0 Å². The Morgan fingerprint density at radius 3 is 2.68 bits per heavy atom. The summed E-state index contributed by atoms with van der Waals surface area (Å²) in [6, 6.07) is 6.26. The molecule has 2 nitrogen and oxygen atoms in total. The molecule has 2 rings (SSSR count). The molecule has 1 aliphatic rings. The molecule has 1 aliphatic carbocycles. The van der Waals surface area contributed by atoms with Gasteiger partial charge in [-0.2, -0.15) is 0 Å². The molecule has 1 aromatic rings. The zero-order valence-corrected chi connectivity index (χ0v) is 12.2. The van der Waals surface area contributed by atoms with Gasteiger partial charge in [0.15, 0.2) is 5.78 Å². The normalized spacial score (nSPS) is 14.5. The van der Waals surface area contributed by atoms with E-state index in [-0.39, 0.29) is 5.78 Å². The largest absolute Gasteiger partial charge is 0.310 e. The van der Waals surface area contributed by atoms with Crippen LogP contribution in [0.5, 0.6) is 0 Å².